The first kappa shape index (κ1) is 20.4. The molecule has 0 bridgehead atoms. The number of para-hydroxylation sites is 1. The summed E-state index contributed by atoms with van der Waals surface area (Å²) in [5.41, 5.74) is 9.66. The first-order chi connectivity index (χ1) is 16.2. The molecule has 5 rings (SSSR count). The highest BCUT2D eigenvalue weighted by atomic mass is 19.1. The number of hydrogen-bond acceptors (Lipinski definition) is 6. The third-order valence-corrected chi connectivity index (χ3v) is 5.22. The minimum Gasteiger partial charge on any atom is -0.354 e. The van der Waals surface area contributed by atoms with E-state index in [0.29, 0.717) is 12.2 Å². The molecule has 8 nitrogen and oxygen atoms in total. The number of aromatic amines is 1. The van der Waals surface area contributed by atoms with Crippen molar-refractivity contribution in [2.75, 3.05) is 5.43 Å². The van der Waals surface area contributed by atoms with Gasteiger partial charge in [0.2, 0.25) is 11.7 Å². The number of nitrogens with zero attached hydrogens (tertiary/aromatic N) is 3. The van der Waals surface area contributed by atoms with Crippen LogP contribution in [0.25, 0.3) is 33.5 Å². The van der Waals surface area contributed by atoms with Crippen molar-refractivity contribution >= 4 is 22.8 Å². The van der Waals surface area contributed by atoms with Gasteiger partial charge in [0.1, 0.15) is 5.82 Å². The molecule has 3 N–H and O–H groups in total. The van der Waals surface area contributed by atoms with Crippen LogP contribution in [0.2, 0.25) is 0 Å². The number of carbonyl (C=O) groups is 1. The Morgan fingerprint density at radius 2 is 1.79 bits per heavy atom. The summed E-state index contributed by atoms with van der Waals surface area (Å²) >= 11 is 0. The number of carbonyl (C=O) groups excluding carboxylic acids is 1. The molecule has 0 aliphatic rings. The number of rotatable bonds is 7. The van der Waals surface area contributed by atoms with Crippen LogP contribution in [0, 0.1) is 5.82 Å². The molecule has 2 aromatic carbocycles. The number of pyridine rings is 1. The second kappa shape index (κ2) is 8.91. The molecule has 3 heterocycles. The van der Waals surface area contributed by atoms with Crippen LogP contribution in [0.5, 0.6) is 0 Å². The van der Waals surface area contributed by atoms with Crippen LogP contribution < -0.4 is 10.9 Å². The molecule has 0 unspecified atom stereocenters. The number of H-pyrrole nitrogens is 1. The van der Waals surface area contributed by atoms with E-state index in [9.17, 15) is 9.18 Å². The molecule has 0 fully saturated rings. The average Bonchev–Trinajstić information content (AvgIpc) is 3.47. The topological polar surface area (TPSA) is 109 Å². The van der Waals surface area contributed by atoms with Crippen molar-refractivity contribution in [1.82, 2.24) is 25.5 Å². The molecule has 33 heavy (non-hydrogen) atoms. The first-order valence-electron chi connectivity index (χ1n) is 10.3. The fraction of sp³-hybridized carbons (Fsp3) is 0.0833. The number of fused-ring (bicyclic) bond motifs is 1. The van der Waals surface area contributed by atoms with E-state index in [0.717, 1.165) is 33.3 Å². The zero-order valence-corrected chi connectivity index (χ0v) is 17.4. The summed E-state index contributed by atoms with van der Waals surface area (Å²) in [5.74, 6) is -0.152. The molecular formula is C24H19FN6O2. The van der Waals surface area contributed by atoms with Gasteiger partial charge in [-0.2, -0.15) is 4.98 Å². The molecule has 0 spiro atoms. The summed E-state index contributed by atoms with van der Waals surface area (Å²) in [7, 11) is 0. The second-order valence-corrected chi connectivity index (χ2v) is 7.36. The normalized spacial score (nSPS) is 10.9. The van der Waals surface area contributed by atoms with E-state index in [2.05, 4.69) is 31.0 Å². The number of hydrogen-bond donors (Lipinski definition) is 3. The van der Waals surface area contributed by atoms with Gasteiger partial charge in [-0.15, -0.1) is 0 Å². The van der Waals surface area contributed by atoms with Crippen molar-refractivity contribution in [2.24, 2.45) is 0 Å². The molecule has 5 aromatic rings. The predicted molar refractivity (Wildman–Crippen MR) is 121 cm³/mol. The molecule has 0 aliphatic heterocycles. The third kappa shape index (κ3) is 4.42. The monoisotopic (exact) mass is 442 g/mol. The van der Waals surface area contributed by atoms with E-state index < -0.39 is 0 Å². The van der Waals surface area contributed by atoms with Crippen molar-refractivity contribution in [1.29, 1.82) is 0 Å². The Morgan fingerprint density at radius 3 is 2.61 bits per heavy atom. The Balaban J connectivity index is 1.27. The maximum atomic E-state index is 13.4. The lowest BCUT2D eigenvalue weighted by molar-refractivity contribution is -0.120. The molecule has 0 aliphatic carbocycles. The lowest BCUT2D eigenvalue weighted by Gasteiger charge is -2.07. The van der Waals surface area contributed by atoms with E-state index in [-0.39, 0.29) is 24.2 Å². The van der Waals surface area contributed by atoms with Crippen molar-refractivity contribution in [2.45, 2.75) is 12.8 Å². The van der Waals surface area contributed by atoms with Gasteiger partial charge in [-0.3, -0.25) is 15.2 Å². The summed E-state index contributed by atoms with van der Waals surface area (Å²) < 4.78 is 18.5. The number of aryl methyl sites for hydroxylation is 1. The predicted octanol–water partition coefficient (Wildman–Crippen LogP) is 4.49. The zero-order chi connectivity index (χ0) is 22.6. The minimum absolute atomic E-state index is 0.0780. The van der Waals surface area contributed by atoms with Gasteiger partial charge in [-0.1, -0.05) is 23.4 Å². The van der Waals surface area contributed by atoms with Crippen LogP contribution >= 0.6 is 0 Å². The number of nitrogens with one attached hydrogen (secondary N) is 3. The van der Waals surface area contributed by atoms with Crippen molar-refractivity contribution < 1.29 is 13.7 Å². The fourth-order valence-electron chi connectivity index (χ4n) is 3.64. The van der Waals surface area contributed by atoms with E-state index in [1.165, 1.54) is 12.1 Å². The van der Waals surface area contributed by atoms with E-state index in [4.69, 9.17) is 4.52 Å². The van der Waals surface area contributed by atoms with Crippen LogP contribution in [0.15, 0.2) is 77.6 Å². The SMILES string of the molecule is O=C(CCc1c(-c2ccc(F)cc2)[nH]c2ccccc12)NNc1nc(-c2ccncc2)no1. The molecule has 1 amide bonds. The quantitative estimate of drug-likeness (QED) is 0.320. The number of halogens is 1. The summed E-state index contributed by atoms with van der Waals surface area (Å²) in [5, 5.41) is 4.90. The van der Waals surface area contributed by atoms with Crippen LogP contribution in [0.3, 0.4) is 0 Å². The first-order valence-corrected chi connectivity index (χ1v) is 10.3. The summed E-state index contributed by atoms with van der Waals surface area (Å²) in [4.78, 5) is 24.0. The number of hydrazine groups is 1. The van der Waals surface area contributed by atoms with Gasteiger partial charge >= 0.3 is 6.01 Å². The maximum Gasteiger partial charge on any atom is 0.340 e. The van der Waals surface area contributed by atoms with Crippen molar-refractivity contribution in [3.63, 3.8) is 0 Å². The highest BCUT2D eigenvalue weighted by Crippen LogP contribution is 2.31. The number of anilines is 1. The average molecular weight is 442 g/mol. The number of benzene rings is 2. The van der Waals surface area contributed by atoms with Gasteiger partial charge in [0, 0.05) is 41.0 Å². The Morgan fingerprint density at radius 1 is 1.00 bits per heavy atom. The van der Waals surface area contributed by atoms with E-state index in [1.54, 1.807) is 36.7 Å². The van der Waals surface area contributed by atoms with Gasteiger partial charge < -0.3 is 9.51 Å². The lowest BCUT2D eigenvalue weighted by atomic mass is 10.0. The summed E-state index contributed by atoms with van der Waals surface area (Å²) in [6.45, 7) is 0. The largest absolute Gasteiger partial charge is 0.354 e. The van der Waals surface area contributed by atoms with Crippen LogP contribution in [-0.4, -0.2) is 26.0 Å². The summed E-state index contributed by atoms with van der Waals surface area (Å²) in [6.07, 6.45) is 3.96. The fourth-order valence-corrected chi connectivity index (χ4v) is 3.64. The van der Waals surface area contributed by atoms with E-state index in [1.807, 2.05) is 24.3 Å². The molecular weight excluding hydrogens is 423 g/mol. The Hall–Kier alpha value is -4.53. The smallest absolute Gasteiger partial charge is 0.340 e. The molecule has 0 radical (unpaired) electrons. The van der Waals surface area contributed by atoms with Crippen LogP contribution in [-0.2, 0) is 11.2 Å². The summed E-state index contributed by atoms with van der Waals surface area (Å²) in [6, 6.07) is 17.8. The molecule has 3 aromatic heterocycles. The minimum atomic E-state index is -0.296. The second-order valence-electron chi connectivity index (χ2n) is 7.36. The van der Waals surface area contributed by atoms with Crippen molar-refractivity contribution in [3.05, 3.63) is 84.4 Å². The lowest BCUT2D eigenvalue weighted by Crippen LogP contribution is -2.29. The molecule has 9 heteroatoms. The standard InChI is InChI=1S/C24H19FN6O2/c25-17-7-5-15(6-8-17)22-19(18-3-1-2-4-20(18)27-22)9-10-21(32)29-30-24-28-23(31-33-24)16-11-13-26-14-12-16/h1-8,11-14,27H,9-10H2,(H,29,32)(H,28,30,31). The van der Waals surface area contributed by atoms with Gasteiger partial charge in [-0.25, -0.2) is 9.82 Å². The Kier molecular flexibility index (Phi) is 5.50. The van der Waals surface area contributed by atoms with Crippen LogP contribution in [0.1, 0.15) is 12.0 Å². The Labute approximate surface area is 187 Å². The molecule has 164 valence electrons. The van der Waals surface area contributed by atoms with Gasteiger partial charge in [0.25, 0.3) is 0 Å². The van der Waals surface area contributed by atoms with Gasteiger partial charge in [-0.05, 0) is 60.0 Å². The molecule has 0 atom stereocenters. The number of amides is 1. The van der Waals surface area contributed by atoms with Crippen LogP contribution in [0.4, 0.5) is 10.4 Å². The highest BCUT2D eigenvalue weighted by Gasteiger charge is 2.15. The number of aromatic nitrogens is 4. The molecule has 0 saturated carbocycles. The van der Waals surface area contributed by atoms with E-state index >= 15 is 0 Å². The third-order valence-electron chi connectivity index (χ3n) is 5.22. The van der Waals surface area contributed by atoms with Gasteiger partial charge in [0.05, 0.1) is 0 Å². The maximum absolute atomic E-state index is 13.4. The van der Waals surface area contributed by atoms with Crippen molar-refractivity contribution in [3.8, 4) is 22.6 Å². The highest BCUT2D eigenvalue weighted by molar-refractivity contribution is 5.91. The molecule has 0 saturated heterocycles. The zero-order valence-electron chi connectivity index (χ0n) is 17.4. The van der Waals surface area contributed by atoms with Gasteiger partial charge in [0.15, 0.2) is 0 Å². The Bertz CT molecular complexity index is 1400.